The van der Waals surface area contributed by atoms with Crippen LogP contribution in [0.1, 0.15) is 26.2 Å². The molecule has 0 aromatic rings. The summed E-state index contributed by atoms with van der Waals surface area (Å²) < 4.78 is 3.97. The number of carbonyl (C=O) groups excluding carboxylic acids is 2. The molecule has 0 saturated carbocycles. The summed E-state index contributed by atoms with van der Waals surface area (Å²) in [5.74, 6) is -1.16. The summed E-state index contributed by atoms with van der Waals surface area (Å²) in [6, 6.07) is 0. The molecule has 0 amide bonds. The molecule has 72 valence electrons. The molecule has 0 N–H and O–H groups in total. The molecule has 0 radical (unpaired) electrons. The molecule has 3 heteroatoms. The molecule has 0 aromatic heterocycles. The topological polar surface area (TPSA) is 43.4 Å². The van der Waals surface area contributed by atoms with Gasteiger partial charge in [-0.3, -0.25) is 0 Å². The van der Waals surface area contributed by atoms with Gasteiger partial charge in [0.05, 0.1) is 0 Å². The lowest BCUT2D eigenvalue weighted by atomic mass is 10.3. The van der Waals surface area contributed by atoms with E-state index >= 15 is 0 Å². The van der Waals surface area contributed by atoms with Crippen LogP contribution in [0, 0.1) is 0 Å². The zero-order chi connectivity index (χ0) is 10.1. The van der Waals surface area contributed by atoms with E-state index in [9.17, 15) is 9.59 Å². The highest BCUT2D eigenvalue weighted by Gasteiger charge is 2.10. The zero-order valence-corrected chi connectivity index (χ0v) is 7.79. The van der Waals surface area contributed by atoms with Gasteiger partial charge in [-0.15, -0.1) is 6.58 Å². The number of cyclic esters (lactones) is 2. The molecule has 0 atom stereocenters. The number of hydrogen-bond acceptors (Lipinski definition) is 3. The van der Waals surface area contributed by atoms with E-state index in [4.69, 9.17) is 0 Å². The van der Waals surface area contributed by atoms with Crippen molar-refractivity contribution in [3.8, 4) is 0 Å². The van der Waals surface area contributed by atoms with Crippen LogP contribution >= 0.6 is 0 Å². The minimum Gasteiger partial charge on any atom is -0.387 e. The molecule has 0 fully saturated rings. The van der Waals surface area contributed by atoms with Gasteiger partial charge in [0.15, 0.2) is 0 Å². The number of esters is 2. The second-order valence-electron chi connectivity index (χ2n) is 2.50. The van der Waals surface area contributed by atoms with Gasteiger partial charge in [0.25, 0.3) is 0 Å². The molecular formula is C10H14O3. The monoisotopic (exact) mass is 182 g/mol. The van der Waals surface area contributed by atoms with Gasteiger partial charge in [0.2, 0.25) is 0 Å². The molecule has 0 saturated heterocycles. The second-order valence-corrected chi connectivity index (χ2v) is 2.50. The lowest BCUT2D eigenvalue weighted by Gasteiger charge is -1.81. The fraction of sp³-hybridized carbons (Fsp3) is 0.400. The van der Waals surface area contributed by atoms with Crippen molar-refractivity contribution in [3.05, 3.63) is 24.8 Å². The highest BCUT2D eigenvalue weighted by Crippen LogP contribution is 1.92. The Labute approximate surface area is 78.1 Å². The third-order valence-electron chi connectivity index (χ3n) is 1.32. The van der Waals surface area contributed by atoms with Gasteiger partial charge < -0.3 is 4.74 Å². The molecule has 0 aromatic carbocycles. The number of hydrogen-bond donors (Lipinski definition) is 0. The molecule has 0 bridgehead atoms. The predicted octanol–water partition coefficient (Wildman–Crippen LogP) is 1.99. The van der Waals surface area contributed by atoms with Crippen LogP contribution in [0.5, 0.6) is 0 Å². The van der Waals surface area contributed by atoms with Crippen molar-refractivity contribution >= 4 is 11.9 Å². The summed E-state index contributed by atoms with van der Waals surface area (Å²) in [5, 5.41) is 0. The van der Waals surface area contributed by atoms with E-state index in [0.29, 0.717) is 0 Å². The van der Waals surface area contributed by atoms with Gasteiger partial charge in [-0.05, 0) is 6.42 Å². The van der Waals surface area contributed by atoms with Gasteiger partial charge in [-0.1, -0.05) is 25.8 Å². The Balaban J connectivity index is 0.000000226. The van der Waals surface area contributed by atoms with Crippen LogP contribution < -0.4 is 0 Å². The quantitative estimate of drug-likeness (QED) is 0.290. The van der Waals surface area contributed by atoms with Gasteiger partial charge in [0.1, 0.15) is 0 Å². The van der Waals surface area contributed by atoms with E-state index in [1.54, 1.807) is 0 Å². The van der Waals surface area contributed by atoms with Crippen molar-refractivity contribution in [2.75, 3.05) is 0 Å². The average Bonchev–Trinajstić information content (AvgIpc) is 2.47. The molecule has 0 unspecified atom stereocenters. The fourth-order valence-corrected chi connectivity index (χ4v) is 0.652. The van der Waals surface area contributed by atoms with Gasteiger partial charge >= 0.3 is 11.9 Å². The summed E-state index contributed by atoms with van der Waals surface area (Å²) >= 11 is 0. The SMILES string of the molecule is C=CCCCC.O=C1C=CC(=O)O1. The molecular weight excluding hydrogens is 168 g/mol. The van der Waals surface area contributed by atoms with E-state index in [0.717, 1.165) is 12.2 Å². The molecule has 0 spiro atoms. The average molecular weight is 182 g/mol. The van der Waals surface area contributed by atoms with Gasteiger partial charge in [-0.2, -0.15) is 0 Å². The Bertz CT molecular complexity index is 200. The summed E-state index contributed by atoms with van der Waals surface area (Å²) in [6.07, 6.45) is 7.89. The molecule has 1 aliphatic heterocycles. The number of rotatable bonds is 3. The fourth-order valence-electron chi connectivity index (χ4n) is 0.652. The standard InChI is InChI=1S/C6H12.C4H2O3/c1-3-5-6-4-2;5-3-1-2-4(6)7-3/h3H,1,4-6H2,2H3;1-2H. The van der Waals surface area contributed by atoms with Crippen LogP contribution in [0.3, 0.4) is 0 Å². The first kappa shape index (κ1) is 11.6. The van der Waals surface area contributed by atoms with E-state index in [1.165, 1.54) is 19.3 Å². The van der Waals surface area contributed by atoms with Crippen molar-refractivity contribution < 1.29 is 14.3 Å². The maximum Gasteiger partial charge on any atom is 0.338 e. The summed E-state index contributed by atoms with van der Waals surface area (Å²) in [5.41, 5.74) is 0. The van der Waals surface area contributed by atoms with Crippen LogP contribution in [0.25, 0.3) is 0 Å². The van der Waals surface area contributed by atoms with Crippen LogP contribution in [0.2, 0.25) is 0 Å². The second kappa shape index (κ2) is 7.28. The third kappa shape index (κ3) is 7.00. The maximum atomic E-state index is 9.92. The lowest BCUT2D eigenvalue weighted by molar-refractivity contribution is -0.150. The van der Waals surface area contributed by atoms with Crippen LogP contribution in [0.4, 0.5) is 0 Å². The molecule has 3 nitrogen and oxygen atoms in total. The van der Waals surface area contributed by atoms with E-state index < -0.39 is 11.9 Å². The molecule has 1 aliphatic rings. The first-order chi connectivity index (χ1) is 6.20. The van der Waals surface area contributed by atoms with E-state index in [-0.39, 0.29) is 0 Å². The van der Waals surface area contributed by atoms with Crippen molar-refractivity contribution in [1.29, 1.82) is 0 Å². The Morgan fingerprint density at radius 1 is 1.38 bits per heavy atom. The number of allylic oxidation sites excluding steroid dienone is 1. The van der Waals surface area contributed by atoms with Crippen molar-refractivity contribution in [3.63, 3.8) is 0 Å². The predicted molar refractivity (Wildman–Crippen MR) is 50.0 cm³/mol. The van der Waals surface area contributed by atoms with E-state index in [1.807, 2.05) is 6.08 Å². The highest BCUT2D eigenvalue weighted by molar-refractivity contribution is 6.04. The smallest absolute Gasteiger partial charge is 0.338 e. The number of ether oxygens (including phenoxy) is 1. The van der Waals surface area contributed by atoms with Crippen molar-refractivity contribution in [2.24, 2.45) is 0 Å². The largest absolute Gasteiger partial charge is 0.387 e. The summed E-state index contributed by atoms with van der Waals surface area (Å²) in [4.78, 5) is 19.8. The maximum absolute atomic E-state index is 9.92. The highest BCUT2D eigenvalue weighted by atomic mass is 16.6. The molecule has 13 heavy (non-hydrogen) atoms. The van der Waals surface area contributed by atoms with Crippen molar-refractivity contribution in [1.82, 2.24) is 0 Å². The van der Waals surface area contributed by atoms with Gasteiger partial charge in [0, 0.05) is 12.2 Å². The van der Waals surface area contributed by atoms with Gasteiger partial charge in [-0.25, -0.2) is 9.59 Å². The van der Waals surface area contributed by atoms with Crippen LogP contribution in [0.15, 0.2) is 24.8 Å². The first-order valence-corrected chi connectivity index (χ1v) is 4.25. The minimum atomic E-state index is -0.579. The van der Waals surface area contributed by atoms with Crippen LogP contribution in [-0.2, 0) is 14.3 Å². The summed E-state index contributed by atoms with van der Waals surface area (Å²) in [6.45, 7) is 5.78. The number of carbonyl (C=O) groups is 2. The Hall–Kier alpha value is -1.38. The Morgan fingerprint density at radius 2 is 1.92 bits per heavy atom. The Morgan fingerprint density at radius 3 is 2.08 bits per heavy atom. The first-order valence-electron chi connectivity index (χ1n) is 4.25. The van der Waals surface area contributed by atoms with Crippen LogP contribution in [-0.4, -0.2) is 11.9 Å². The lowest BCUT2D eigenvalue weighted by Crippen LogP contribution is -1.96. The molecule has 1 rings (SSSR count). The summed E-state index contributed by atoms with van der Waals surface area (Å²) in [7, 11) is 0. The normalized spacial score (nSPS) is 13.3. The number of unbranched alkanes of at least 4 members (excludes halogenated alkanes) is 2. The minimum absolute atomic E-state index is 0.579. The van der Waals surface area contributed by atoms with Crippen molar-refractivity contribution in [2.45, 2.75) is 26.2 Å². The molecule has 1 heterocycles. The third-order valence-corrected chi connectivity index (χ3v) is 1.32. The zero-order valence-electron chi connectivity index (χ0n) is 7.79. The Kier molecular flexibility index (Phi) is 6.51. The van der Waals surface area contributed by atoms with E-state index in [2.05, 4.69) is 18.2 Å². The molecule has 0 aliphatic carbocycles.